The highest BCUT2D eigenvalue weighted by molar-refractivity contribution is 6.30. The number of aromatic nitrogens is 2. The van der Waals surface area contributed by atoms with Crippen molar-refractivity contribution in [3.63, 3.8) is 0 Å². The van der Waals surface area contributed by atoms with E-state index in [-0.39, 0.29) is 11.8 Å². The van der Waals surface area contributed by atoms with E-state index in [1.165, 1.54) is 7.11 Å². The normalized spacial score (nSPS) is 11.1. The molecular weight excluding hydrogens is 381 g/mol. The standard InChI is InChI=1S/C18H14ClF3N4O/c1-27-14-8-6-13(7-9-14)25-17-23-10-15(18(20,21)22)16(26-17)24-12-4-2-11(19)3-5-12/h2-10H,1H3,(H2,23,24,25,26). The van der Waals surface area contributed by atoms with Crippen molar-refractivity contribution in [2.45, 2.75) is 6.18 Å². The Balaban J connectivity index is 1.90. The lowest BCUT2D eigenvalue weighted by Gasteiger charge is -2.15. The van der Waals surface area contributed by atoms with E-state index in [1.54, 1.807) is 48.5 Å². The molecule has 0 fully saturated rings. The summed E-state index contributed by atoms with van der Waals surface area (Å²) >= 11 is 5.80. The summed E-state index contributed by atoms with van der Waals surface area (Å²) in [5.41, 5.74) is 0.0460. The summed E-state index contributed by atoms with van der Waals surface area (Å²) in [6.07, 6.45) is -3.87. The number of hydrogen-bond acceptors (Lipinski definition) is 5. The summed E-state index contributed by atoms with van der Waals surface area (Å²) in [5, 5.41) is 6.00. The number of anilines is 4. The van der Waals surface area contributed by atoms with Crippen molar-refractivity contribution in [1.82, 2.24) is 9.97 Å². The van der Waals surface area contributed by atoms with Crippen LogP contribution in [0.4, 0.5) is 36.3 Å². The van der Waals surface area contributed by atoms with Crippen LogP contribution in [-0.4, -0.2) is 17.1 Å². The van der Waals surface area contributed by atoms with Gasteiger partial charge in [-0.3, -0.25) is 0 Å². The number of nitrogens with zero attached hydrogens (tertiary/aromatic N) is 2. The molecule has 2 aromatic carbocycles. The lowest BCUT2D eigenvalue weighted by Crippen LogP contribution is -2.12. The summed E-state index contributed by atoms with van der Waals surface area (Å²) in [5.74, 6) is 0.305. The van der Waals surface area contributed by atoms with Gasteiger partial charge in [0.05, 0.1) is 7.11 Å². The Bertz CT molecular complexity index is 915. The molecule has 140 valence electrons. The average Bonchev–Trinajstić information content (AvgIpc) is 2.63. The highest BCUT2D eigenvalue weighted by Crippen LogP contribution is 2.35. The van der Waals surface area contributed by atoms with Gasteiger partial charge in [0.1, 0.15) is 17.1 Å². The highest BCUT2D eigenvalue weighted by Gasteiger charge is 2.35. The minimum absolute atomic E-state index is 0.0182. The fourth-order valence-corrected chi connectivity index (χ4v) is 2.34. The maximum Gasteiger partial charge on any atom is 0.421 e. The molecule has 0 spiro atoms. The zero-order valence-corrected chi connectivity index (χ0v) is 14.8. The van der Waals surface area contributed by atoms with Crippen LogP contribution in [0.15, 0.2) is 54.7 Å². The molecule has 3 aromatic rings. The van der Waals surface area contributed by atoms with Gasteiger partial charge in [0.25, 0.3) is 0 Å². The highest BCUT2D eigenvalue weighted by atomic mass is 35.5. The quantitative estimate of drug-likeness (QED) is 0.586. The number of rotatable bonds is 5. The van der Waals surface area contributed by atoms with Gasteiger partial charge in [-0.2, -0.15) is 18.2 Å². The van der Waals surface area contributed by atoms with Crippen LogP contribution in [0.5, 0.6) is 5.75 Å². The fourth-order valence-electron chi connectivity index (χ4n) is 2.22. The van der Waals surface area contributed by atoms with Crippen LogP contribution in [0.1, 0.15) is 5.56 Å². The summed E-state index contributed by atoms with van der Waals surface area (Å²) in [6.45, 7) is 0. The minimum Gasteiger partial charge on any atom is -0.497 e. The Kier molecular flexibility index (Phi) is 5.36. The molecule has 27 heavy (non-hydrogen) atoms. The van der Waals surface area contributed by atoms with Crippen LogP contribution in [0.3, 0.4) is 0 Å². The molecule has 2 N–H and O–H groups in total. The number of methoxy groups -OCH3 is 1. The van der Waals surface area contributed by atoms with E-state index in [0.29, 0.717) is 22.1 Å². The number of ether oxygens (including phenoxy) is 1. The minimum atomic E-state index is -4.60. The molecule has 1 heterocycles. The predicted octanol–water partition coefficient (Wildman–Crippen LogP) is 5.64. The van der Waals surface area contributed by atoms with Gasteiger partial charge in [0.15, 0.2) is 0 Å². The molecule has 0 aliphatic rings. The molecule has 9 heteroatoms. The van der Waals surface area contributed by atoms with Crippen molar-refractivity contribution in [2.24, 2.45) is 0 Å². The first-order valence-electron chi connectivity index (χ1n) is 7.73. The molecule has 3 rings (SSSR count). The first-order valence-corrected chi connectivity index (χ1v) is 8.11. The Morgan fingerprint density at radius 1 is 0.926 bits per heavy atom. The van der Waals surface area contributed by atoms with Crippen LogP contribution < -0.4 is 15.4 Å². The van der Waals surface area contributed by atoms with Crippen molar-refractivity contribution < 1.29 is 17.9 Å². The van der Waals surface area contributed by atoms with E-state index >= 15 is 0 Å². The fraction of sp³-hybridized carbons (Fsp3) is 0.111. The van der Waals surface area contributed by atoms with Gasteiger partial charge in [-0.1, -0.05) is 11.6 Å². The first kappa shape index (κ1) is 18.8. The SMILES string of the molecule is COc1ccc(Nc2ncc(C(F)(F)F)c(Nc3ccc(Cl)cc3)n2)cc1. The van der Waals surface area contributed by atoms with Gasteiger partial charge in [0.2, 0.25) is 5.95 Å². The molecule has 0 atom stereocenters. The van der Waals surface area contributed by atoms with Crippen molar-refractivity contribution in [3.8, 4) is 5.75 Å². The van der Waals surface area contributed by atoms with E-state index in [0.717, 1.165) is 6.20 Å². The van der Waals surface area contributed by atoms with Gasteiger partial charge in [0, 0.05) is 22.6 Å². The summed E-state index contributed by atoms with van der Waals surface area (Å²) in [4.78, 5) is 7.74. The molecule has 0 saturated heterocycles. The van der Waals surface area contributed by atoms with Crippen LogP contribution in [0, 0.1) is 0 Å². The Morgan fingerprint density at radius 2 is 1.52 bits per heavy atom. The second-order valence-electron chi connectivity index (χ2n) is 5.44. The van der Waals surface area contributed by atoms with Crippen LogP contribution in [0.2, 0.25) is 5.02 Å². The third kappa shape index (κ3) is 4.79. The first-order chi connectivity index (χ1) is 12.8. The lowest BCUT2D eigenvalue weighted by atomic mass is 10.2. The molecule has 0 bridgehead atoms. The monoisotopic (exact) mass is 394 g/mol. The van der Waals surface area contributed by atoms with Gasteiger partial charge < -0.3 is 15.4 Å². The zero-order chi connectivity index (χ0) is 19.4. The Hall–Kier alpha value is -3.00. The number of hydrogen-bond donors (Lipinski definition) is 2. The summed E-state index contributed by atoms with van der Waals surface area (Å²) in [6, 6.07) is 13.1. The zero-order valence-electron chi connectivity index (χ0n) is 14.0. The predicted molar refractivity (Wildman–Crippen MR) is 98.0 cm³/mol. The number of benzene rings is 2. The maximum absolute atomic E-state index is 13.3. The summed E-state index contributed by atoms with van der Waals surface area (Å²) in [7, 11) is 1.54. The van der Waals surface area contributed by atoms with Crippen LogP contribution in [-0.2, 0) is 6.18 Å². The maximum atomic E-state index is 13.3. The van der Waals surface area contributed by atoms with Crippen molar-refractivity contribution in [3.05, 3.63) is 65.3 Å². The summed E-state index contributed by atoms with van der Waals surface area (Å²) < 4.78 is 44.9. The van der Waals surface area contributed by atoms with E-state index in [1.807, 2.05) is 0 Å². The smallest absolute Gasteiger partial charge is 0.421 e. The second kappa shape index (κ2) is 7.71. The Morgan fingerprint density at radius 3 is 2.11 bits per heavy atom. The van der Waals surface area contributed by atoms with Crippen molar-refractivity contribution >= 4 is 34.7 Å². The van der Waals surface area contributed by atoms with E-state index < -0.39 is 11.7 Å². The number of halogens is 4. The molecule has 0 unspecified atom stereocenters. The third-order valence-electron chi connectivity index (χ3n) is 3.55. The van der Waals surface area contributed by atoms with Gasteiger partial charge in [-0.05, 0) is 48.5 Å². The molecule has 1 aromatic heterocycles. The van der Waals surface area contributed by atoms with Crippen LogP contribution in [0.25, 0.3) is 0 Å². The molecule has 0 saturated carbocycles. The molecule has 0 amide bonds. The van der Waals surface area contributed by atoms with Gasteiger partial charge in [-0.15, -0.1) is 0 Å². The lowest BCUT2D eigenvalue weighted by molar-refractivity contribution is -0.137. The van der Waals surface area contributed by atoms with Gasteiger partial charge >= 0.3 is 6.18 Å². The molecule has 0 radical (unpaired) electrons. The average molecular weight is 395 g/mol. The van der Waals surface area contributed by atoms with E-state index in [4.69, 9.17) is 16.3 Å². The third-order valence-corrected chi connectivity index (χ3v) is 3.80. The molecule has 5 nitrogen and oxygen atoms in total. The topological polar surface area (TPSA) is 59.1 Å². The largest absolute Gasteiger partial charge is 0.497 e. The second-order valence-corrected chi connectivity index (χ2v) is 5.88. The van der Waals surface area contributed by atoms with Crippen LogP contribution >= 0.6 is 11.6 Å². The number of alkyl halides is 3. The molecule has 0 aliphatic carbocycles. The van der Waals surface area contributed by atoms with E-state index in [2.05, 4.69) is 20.6 Å². The number of nitrogens with one attached hydrogen (secondary N) is 2. The van der Waals surface area contributed by atoms with E-state index in [9.17, 15) is 13.2 Å². The van der Waals surface area contributed by atoms with Crippen molar-refractivity contribution in [2.75, 3.05) is 17.7 Å². The molecule has 0 aliphatic heterocycles. The van der Waals surface area contributed by atoms with Gasteiger partial charge in [-0.25, -0.2) is 4.98 Å². The Labute approximate surface area is 158 Å². The van der Waals surface area contributed by atoms with Crippen molar-refractivity contribution in [1.29, 1.82) is 0 Å². The molecular formula is C18H14ClF3N4O.